The molecule has 0 bridgehead atoms. The summed E-state index contributed by atoms with van der Waals surface area (Å²) < 4.78 is 0. The minimum absolute atomic E-state index is 0.000737. The van der Waals surface area contributed by atoms with Gasteiger partial charge in [0.05, 0.1) is 6.20 Å². The normalized spacial score (nSPS) is 18.1. The summed E-state index contributed by atoms with van der Waals surface area (Å²) in [6.45, 7) is 12.2. The number of rotatable bonds is 8. The van der Waals surface area contributed by atoms with Crippen LogP contribution >= 0.6 is 11.6 Å². The maximum Gasteiger partial charge on any atom is 0.269 e. The Labute approximate surface area is 225 Å². The molecular weight excluding hydrogens is 488 g/mol. The van der Waals surface area contributed by atoms with E-state index in [-0.39, 0.29) is 22.7 Å². The molecule has 0 saturated carbocycles. The van der Waals surface area contributed by atoms with E-state index in [2.05, 4.69) is 43.2 Å². The number of benzene rings is 1. The molecule has 1 amide bonds. The predicted molar refractivity (Wildman–Crippen MR) is 145 cm³/mol. The number of amides is 1. The first-order valence-electron chi connectivity index (χ1n) is 13.1. The number of likely N-dealkylation sites (tertiary alicyclic amines) is 1. The monoisotopic (exact) mass is 524 g/mol. The minimum Gasteiger partial charge on any atom is -0.304 e. The summed E-state index contributed by atoms with van der Waals surface area (Å²) in [5.41, 5.74) is 4.63. The van der Waals surface area contributed by atoms with Crippen LogP contribution in [0.25, 0.3) is 0 Å². The van der Waals surface area contributed by atoms with Crippen LogP contribution in [0.1, 0.15) is 48.4 Å². The highest BCUT2D eigenvalue weighted by molar-refractivity contribution is 6.32. The Bertz CT molecular complexity index is 1100. The van der Waals surface area contributed by atoms with Crippen molar-refractivity contribution >= 4 is 23.3 Å². The third kappa shape index (κ3) is 7.39. The topological polar surface area (TPSA) is 91.6 Å². The Balaban J connectivity index is 1.37. The van der Waals surface area contributed by atoms with Crippen LogP contribution in [0.4, 0.5) is 5.82 Å². The molecule has 1 aromatic heterocycles. The molecule has 1 N–H and O–H groups in total. The van der Waals surface area contributed by atoms with Gasteiger partial charge in [-0.3, -0.25) is 25.0 Å². The molecule has 0 aliphatic carbocycles. The summed E-state index contributed by atoms with van der Waals surface area (Å²) in [6.07, 6.45) is 3.77. The first kappa shape index (κ1) is 27.3. The molecule has 0 radical (unpaired) electrons. The lowest BCUT2D eigenvalue weighted by molar-refractivity contribution is 0.0658. The highest BCUT2D eigenvalue weighted by atomic mass is 35.5. The molecule has 4 rings (SSSR count). The Morgan fingerprint density at radius 2 is 1.95 bits per heavy atom. The number of halogens is 1. The second-order valence-electron chi connectivity index (χ2n) is 10.5. The molecule has 2 saturated heterocycles. The number of piperazine rings is 1. The maximum absolute atomic E-state index is 13.2. The lowest BCUT2D eigenvalue weighted by Crippen LogP contribution is -2.52. The summed E-state index contributed by atoms with van der Waals surface area (Å²) in [5.74, 6) is 0.289. The number of carbonyl (C=O) groups excluding carboxylic acids is 1. The standard InChI is InChI=1S/C27H37ClN8O/c1-20(2)18-36(26-24(28)17-30-25(16-29)31-26)32-27(37)22-6-4-5-21(15-22)19-34-9-7-23(8-10-34)35-13-11-33(3)12-14-35/h4-6,15,17,20,23H,7-14,18-19H2,1-3H3,(H,32,37). The predicted octanol–water partition coefficient (Wildman–Crippen LogP) is 3.02. The maximum atomic E-state index is 13.2. The zero-order valence-corrected chi connectivity index (χ0v) is 22.8. The van der Waals surface area contributed by atoms with Gasteiger partial charge in [0, 0.05) is 50.9 Å². The van der Waals surface area contributed by atoms with Gasteiger partial charge in [-0.15, -0.1) is 0 Å². The fraction of sp³-hybridized carbons (Fsp3) is 0.556. The van der Waals surface area contributed by atoms with E-state index in [4.69, 9.17) is 11.6 Å². The van der Waals surface area contributed by atoms with Crippen LogP contribution in [0.15, 0.2) is 30.5 Å². The van der Waals surface area contributed by atoms with Crippen LogP contribution in [0.3, 0.4) is 0 Å². The highest BCUT2D eigenvalue weighted by Gasteiger charge is 2.27. The van der Waals surface area contributed by atoms with Gasteiger partial charge >= 0.3 is 0 Å². The second-order valence-corrected chi connectivity index (χ2v) is 10.9. The molecule has 0 unspecified atom stereocenters. The number of likely N-dealkylation sites (N-methyl/N-ethyl adjacent to an activating group) is 1. The average Bonchev–Trinajstić information content (AvgIpc) is 2.89. The Morgan fingerprint density at radius 1 is 1.22 bits per heavy atom. The second kappa shape index (κ2) is 12.7. The van der Waals surface area contributed by atoms with Gasteiger partial charge in [0.2, 0.25) is 5.82 Å². The largest absolute Gasteiger partial charge is 0.304 e. The van der Waals surface area contributed by atoms with Gasteiger partial charge < -0.3 is 4.90 Å². The summed E-state index contributed by atoms with van der Waals surface area (Å²) in [5, 5.41) is 11.1. The summed E-state index contributed by atoms with van der Waals surface area (Å²) in [4.78, 5) is 28.9. The van der Waals surface area contributed by atoms with Crippen molar-refractivity contribution in [1.29, 1.82) is 5.26 Å². The fourth-order valence-corrected chi connectivity index (χ4v) is 5.23. The average molecular weight is 525 g/mol. The number of nitrogens with one attached hydrogen (secondary N) is 1. The van der Waals surface area contributed by atoms with E-state index in [0.29, 0.717) is 24.0 Å². The molecule has 10 heteroatoms. The molecule has 0 spiro atoms. The third-order valence-electron chi connectivity index (χ3n) is 7.07. The zero-order valence-electron chi connectivity index (χ0n) is 22.0. The van der Waals surface area contributed by atoms with Crippen molar-refractivity contribution in [3.63, 3.8) is 0 Å². The highest BCUT2D eigenvalue weighted by Crippen LogP contribution is 2.23. The van der Waals surface area contributed by atoms with Gasteiger partial charge in [0.25, 0.3) is 5.91 Å². The van der Waals surface area contributed by atoms with Crippen molar-refractivity contribution in [3.8, 4) is 6.07 Å². The molecule has 198 valence electrons. The third-order valence-corrected chi connectivity index (χ3v) is 7.34. The summed E-state index contributed by atoms with van der Waals surface area (Å²) >= 11 is 6.32. The molecule has 2 fully saturated rings. The lowest BCUT2D eigenvalue weighted by Gasteiger charge is -2.42. The van der Waals surface area contributed by atoms with Crippen LogP contribution < -0.4 is 10.4 Å². The van der Waals surface area contributed by atoms with Crippen LogP contribution in [0, 0.1) is 17.2 Å². The van der Waals surface area contributed by atoms with Crippen molar-refractivity contribution < 1.29 is 4.79 Å². The van der Waals surface area contributed by atoms with Gasteiger partial charge in [0.15, 0.2) is 5.82 Å². The number of hydrazine groups is 1. The summed E-state index contributed by atoms with van der Waals surface area (Å²) in [6, 6.07) is 10.4. The molecule has 1 aromatic carbocycles. The van der Waals surface area contributed by atoms with Crippen LogP contribution in [-0.4, -0.2) is 89.5 Å². The van der Waals surface area contributed by atoms with Crippen LogP contribution in [-0.2, 0) is 6.54 Å². The van der Waals surface area contributed by atoms with Crippen molar-refractivity contribution in [2.75, 3.05) is 57.9 Å². The number of hydrogen-bond donors (Lipinski definition) is 1. The lowest BCUT2D eigenvalue weighted by atomic mass is 10.0. The fourth-order valence-electron chi connectivity index (χ4n) is 5.04. The van der Waals surface area contributed by atoms with Gasteiger partial charge in [-0.05, 0) is 56.6 Å². The summed E-state index contributed by atoms with van der Waals surface area (Å²) in [7, 11) is 2.20. The number of hydrogen-bond acceptors (Lipinski definition) is 8. The van der Waals surface area contributed by atoms with Crippen molar-refractivity contribution in [3.05, 3.63) is 52.4 Å². The van der Waals surface area contributed by atoms with Crippen molar-refractivity contribution in [2.24, 2.45) is 5.92 Å². The Hall–Kier alpha value is -2.77. The number of nitriles is 1. The van der Waals surface area contributed by atoms with Gasteiger partial charge in [-0.2, -0.15) is 10.2 Å². The number of piperidine rings is 1. The number of aromatic nitrogens is 2. The smallest absolute Gasteiger partial charge is 0.269 e. The van der Waals surface area contributed by atoms with E-state index in [0.717, 1.165) is 38.3 Å². The molecule has 3 heterocycles. The molecule has 0 atom stereocenters. The van der Waals surface area contributed by atoms with E-state index in [9.17, 15) is 10.1 Å². The van der Waals surface area contributed by atoms with E-state index in [1.54, 1.807) is 5.01 Å². The number of anilines is 1. The van der Waals surface area contributed by atoms with E-state index in [1.165, 1.54) is 32.1 Å². The minimum atomic E-state index is -0.246. The van der Waals surface area contributed by atoms with Gasteiger partial charge in [-0.1, -0.05) is 37.6 Å². The van der Waals surface area contributed by atoms with Gasteiger partial charge in [-0.25, -0.2) is 4.98 Å². The van der Waals surface area contributed by atoms with Crippen LogP contribution in [0.5, 0.6) is 0 Å². The van der Waals surface area contributed by atoms with Gasteiger partial charge in [0.1, 0.15) is 11.1 Å². The van der Waals surface area contributed by atoms with Crippen molar-refractivity contribution in [2.45, 2.75) is 39.3 Å². The first-order valence-corrected chi connectivity index (χ1v) is 13.4. The quantitative estimate of drug-likeness (QED) is 0.527. The Morgan fingerprint density at radius 3 is 2.62 bits per heavy atom. The van der Waals surface area contributed by atoms with Crippen molar-refractivity contribution in [1.82, 2.24) is 30.1 Å². The number of nitrogens with zero attached hydrogens (tertiary/aromatic N) is 7. The van der Waals surface area contributed by atoms with E-state index < -0.39 is 0 Å². The zero-order chi connectivity index (χ0) is 26.4. The van der Waals surface area contributed by atoms with E-state index in [1.807, 2.05) is 38.1 Å². The van der Waals surface area contributed by atoms with E-state index >= 15 is 0 Å². The first-order chi connectivity index (χ1) is 17.8. The molecular formula is C27H37ClN8O. The Kier molecular flexibility index (Phi) is 9.33. The number of carbonyl (C=O) groups is 1. The molecule has 37 heavy (non-hydrogen) atoms. The molecule has 9 nitrogen and oxygen atoms in total. The molecule has 2 aromatic rings. The van der Waals surface area contributed by atoms with Crippen LogP contribution in [0.2, 0.25) is 5.02 Å². The molecule has 2 aliphatic heterocycles. The SMILES string of the molecule is CC(C)CN(NC(=O)c1cccc(CN2CCC(N3CCN(C)CC3)CC2)c1)c1nc(C#N)ncc1Cl. The molecule has 2 aliphatic rings.